The third kappa shape index (κ3) is 4.97. The van der Waals surface area contributed by atoms with Crippen molar-refractivity contribution in [1.29, 1.82) is 0 Å². The van der Waals surface area contributed by atoms with E-state index in [1.165, 1.54) is 32.1 Å². The maximum absolute atomic E-state index is 11.5. The van der Waals surface area contributed by atoms with Crippen molar-refractivity contribution in [2.75, 3.05) is 6.54 Å². The molecular weight excluding hydrogens is 200 g/mol. The van der Waals surface area contributed by atoms with Crippen LogP contribution in [0, 0.1) is 0 Å². The molecule has 0 saturated carbocycles. The van der Waals surface area contributed by atoms with Crippen LogP contribution in [0.15, 0.2) is 0 Å². The Hall–Kier alpha value is -0.570. The number of rotatable bonds is 7. The van der Waals surface area contributed by atoms with E-state index in [0.717, 1.165) is 19.4 Å². The van der Waals surface area contributed by atoms with Crippen LogP contribution in [-0.2, 0) is 4.79 Å². The number of carbonyl (C=O) groups is 1. The summed E-state index contributed by atoms with van der Waals surface area (Å²) in [5, 5.41) is 6.35. The van der Waals surface area contributed by atoms with Crippen LogP contribution in [0.3, 0.4) is 0 Å². The van der Waals surface area contributed by atoms with E-state index in [-0.39, 0.29) is 11.9 Å². The molecule has 3 heteroatoms. The highest BCUT2D eigenvalue weighted by Crippen LogP contribution is 2.08. The highest BCUT2D eigenvalue weighted by molar-refractivity contribution is 5.82. The molecule has 0 aromatic carbocycles. The lowest BCUT2D eigenvalue weighted by atomic mass is 10.0. The van der Waals surface area contributed by atoms with Gasteiger partial charge in [0, 0.05) is 12.6 Å². The number of unbranched alkanes of at least 4 members (excludes halogenated alkanes) is 3. The van der Waals surface area contributed by atoms with Gasteiger partial charge >= 0.3 is 0 Å². The quantitative estimate of drug-likeness (QED) is 0.654. The zero-order valence-electron chi connectivity index (χ0n) is 10.7. The summed E-state index contributed by atoms with van der Waals surface area (Å²) in [4.78, 5) is 11.5. The number of carbonyl (C=O) groups excluding carboxylic acids is 1. The smallest absolute Gasteiger partial charge is 0.237 e. The average molecular weight is 226 g/mol. The molecule has 3 nitrogen and oxygen atoms in total. The number of nitrogens with one attached hydrogen (secondary N) is 2. The fourth-order valence-electron chi connectivity index (χ4n) is 2.24. The van der Waals surface area contributed by atoms with Crippen LogP contribution in [-0.4, -0.2) is 24.5 Å². The van der Waals surface area contributed by atoms with Gasteiger partial charge < -0.3 is 10.6 Å². The van der Waals surface area contributed by atoms with Gasteiger partial charge in [0.25, 0.3) is 0 Å². The summed E-state index contributed by atoms with van der Waals surface area (Å²) in [7, 11) is 0. The molecule has 0 radical (unpaired) electrons. The first-order valence-electron chi connectivity index (χ1n) is 6.77. The van der Waals surface area contributed by atoms with Gasteiger partial charge in [0.15, 0.2) is 0 Å². The van der Waals surface area contributed by atoms with E-state index in [2.05, 4.69) is 24.5 Å². The molecule has 0 aromatic rings. The molecule has 2 atom stereocenters. The molecule has 0 spiro atoms. The van der Waals surface area contributed by atoms with Crippen molar-refractivity contribution >= 4 is 5.91 Å². The maximum Gasteiger partial charge on any atom is 0.237 e. The van der Waals surface area contributed by atoms with Crippen LogP contribution >= 0.6 is 0 Å². The van der Waals surface area contributed by atoms with Gasteiger partial charge in [0.2, 0.25) is 5.91 Å². The lowest BCUT2D eigenvalue weighted by Gasteiger charge is -2.26. The van der Waals surface area contributed by atoms with Gasteiger partial charge in [-0.15, -0.1) is 0 Å². The number of hydrogen-bond donors (Lipinski definition) is 2. The summed E-state index contributed by atoms with van der Waals surface area (Å²) in [6, 6.07) is 0.514. The first-order valence-corrected chi connectivity index (χ1v) is 6.77. The predicted octanol–water partition coefficient (Wildman–Crippen LogP) is 2.21. The normalized spacial score (nSPS) is 22.9. The third-order valence-electron chi connectivity index (χ3n) is 3.26. The Morgan fingerprint density at radius 2 is 2.25 bits per heavy atom. The molecule has 1 aliphatic heterocycles. The van der Waals surface area contributed by atoms with Gasteiger partial charge in [-0.1, -0.05) is 32.6 Å². The molecule has 1 heterocycles. The molecular formula is C13H26N2O. The van der Waals surface area contributed by atoms with E-state index in [9.17, 15) is 4.79 Å². The summed E-state index contributed by atoms with van der Waals surface area (Å²) < 4.78 is 0. The second-order valence-corrected chi connectivity index (χ2v) is 4.90. The first-order chi connectivity index (χ1) is 7.74. The Kier molecular flexibility index (Phi) is 6.46. The minimum atomic E-state index is 0.0509. The Labute approximate surface area is 99.4 Å². The van der Waals surface area contributed by atoms with Crippen molar-refractivity contribution < 1.29 is 4.79 Å². The summed E-state index contributed by atoms with van der Waals surface area (Å²) >= 11 is 0. The molecule has 94 valence electrons. The van der Waals surface area contributed by atoms with E-state index < -0.39 is 0 Å². The van der Waals surface area contributed by atoms with Crippen LogP contribution in [0.4, 0.5) is 0 Å². The Morgan fingerprint density at radius 1 is 1.44 bits per heavy atom. The largest absolute Gasteiger partial charge is 0.355 e. The van der Waals surface area contributed by atoms with Gasteiger partial charge in [-0.05, 0) is 26.2 Å². The van der Waals surface area contributed by atoms with Crippen molar-refractivity contribution in [1.82, 2.24) is 10.6 Å². The Morgan fingerprint density at radius 3 is 2.94 bits per heavy atom. The standard InChI is InChI=1S/C13H26N2O/c1-3-4-5-6-8-11(2)15-12-9-7-10-14-13(12)16/h11-12,15H,3-10H2,1-2H3,(H,14,16). The van der Waals surface area contributed by atoms with E-state index in [4.69, 9.17) is 0 Å². The minimum absolute atomic E-state index is 0.0509. The van der Waals surface area contributed by atoms with Crippen molar-refractivity contribution in [2.24, 2.45) is 0 Å². The summed E-state index contributed by atoms with van der Waals surface area (Å²) in [5.41, 5.74) is 0. The third-order valence-corrected chi connectivity index (χ3v) is 3.26. The predicted molar refractivity (Wildman–Crippen MR) is 67.4 cm³/mol. The number of piperidine rings is 1. The highest BCUT2D eigenvalue weighted by atomic mass is 16.2. The molecule has 2 unspecified atom stereocenters. The van der Waals surface area contributed by atoms with Crippen molar-refractivity contribution in [3.05, 3.63) is 0 Å². The lowest BCUT2D eigenvalue weighted by Crippen LogP contribution is -2.50. The van der Waals surface area contributed by atoms with Crippen LogP contribution in [0.1, 0.15) is 58.8 Å². The van der Waals surface area contributed by atoms with Crippen LogP contribution in [0.5, 0.6) is 0 Å². The summed E-state index contributed by atoms with van der Waals surface area (Å²) in [6.07, 6.45) is 8.49. The van der Waals surface area contributed by atoms with E-state index in [1.54, 1.807) is 0 Å². The topological polar surface area (TPSA) is 41.1 Å². The zero-order chi connectivity index (χ0) is 11.8. The van der Waals surface area contributed by atoms with Gasteiger partial charge in [0.1, 0.15) is 0 Å². The SMILES string of the molecule is CCCCCCC(C)NC1CCCNC1=O. The molecule has 1 saturated heterocycles. The van der Waals surface area contributed by atoms with E-state index >= 15 is 0 Å². The van der Waals surface area contributed by atoms with Gasteiger partial charge in [-0.3, -0.25) is 4.79 Å². The van der Waals surface area contributed by atoms with E-state index in [0.29, 0.717) is 6.04 Å². The molecule has 0 bridgehead atoms. The van der Waals surface area contributed by atoms with Gasteiger partial charge in [-0.2, -0.15) is 0 Å². The zero-order valence-corrected chi connectivity index (χ0v) is 10.7. The molecule has 1 rings (SSSR count). The number of hydrogen-bond acceptors (Lipinski definition) is 2. The molecule has 1 aliphatic rings. The molecule has 2 N–H and O–H groups in total. The molecule has 0 aromatic heterocycles. The van der Waals surface area contributed by atoms with Crippen LogP contribution < -0.4 is 10.6 Å². The molecule has 16 heavy (non-hydrogen) atoms. The van der Waals surface area contributed by atoms with Crippen LogP contribution in [0.25, 0.3) is 0 Å². The van der Waals surface area contributed by atoms with Gasteiger partial charge in [-0.25, -0.2) is 0 Å². The Bertz CT molecular complexity index is 206. The highest BCUT2D eigenvalue weighted by Gasteiger charge is 2.22. The lowest BCUT2D eigenvalue weighted by molar-refractivity contribution is -0.124. The minimum Gasteiger partial charge on any atom is -0.355 e. The maximum atomic E-state index is 11.5. The van der Waals surface area contributed by atoms with Crippen molar-refractivity contribution in [2.45, 2.75) is 70.9 Å². The second kappa shape index (κ2) is 7.66. The van der Waals surface area contributed by atoms with Crippen molar-refractivity contribution in [3.63, 3.8) is 0 Å². The second-order valence-electron chi connectivity index (χ2n) is 4.90. The summed E-state index contributed by atoms with van der Waals surface area (Å²) in [6.45, 7) is 5.27. The molecule has 1 amide bonds. The van der Waals surface area contributed by atoms with Crippen molar-refractivity contribution in [3.8, 4) is 0 Å². The number of amides is 1. The fourth-order valence-corrected chi connectivity index (χ4v) is 2.24. The fraction of sp³-hybridized carbons (Fsp3) is 0.923. The Balaban J connectivity index is 2.12. The average Bonchev–Trinajstić information content (AvgIpc) is 2.28. The first kappa shape index (κ1) is 13.5. The molecule has 1 fully saturated rings. The van der Waals surface area contributed by atoms with E-state index in [1.807, 2.05) is 0 Å². The van der Waals surface area contributed by atoms with Gasteiger partial charge in [0.05, 0.1) is 6.04 Å². The van der Waals surface area contributed by atoms with Crippen LogP contribution in [0.2, 0.25) is 0 Å². The monoisotopic (exact) mass is 226 g/mol. The molecule has 0 aliphatic carbocycles. The summed E-state index contributed by atoms with van der Waals surface area (Å²) in [5.74, 6) is 0.187.